The third kappa shape index (κ3) is 2.77. The minimum Gasteiger partial charge on any atom is -0.382 e. The minimum absolute atomic E-state index is 0.103. The predicted molar refractivity (Wildman–Crippen MR) is 69.0 cm³/mol. The second-order valence-electron chi connectivity index (χ2n) is 5.92. The van der Waals surface area contributed by atoms with Crippen molar-refractivity contribution in [3.05, 3.63) is 0 Å². The van der Waals surface area contributed by atoms with E-state index in [4.69, 9.17) is 0 Å². The lowest BCUT2D eigenvalue weighted by atomic mass is 9.79. The summed E-state index contributed by atoms with van der Waals surface area (Å²) >= 11 is 0. The van der Waals surface area contributed by atoms with Crippen LogP contribution in [0.1, 0.15) is 51.4 Å². The number of hydrogen-bond donors (Lipinski definition) is 1. The van der Waals surface area contributed by atoms with Gasteiger partial charge in [0.1, 0.15) is 15.4 Å². The van der Waals surface area contributed by atoms with E-state index < -0.39 is 20.7 Å². The lowest BCUT2D eigenvalue weighted by Crippen LogP contribution is -2.43. The molecule has 0 spiro atoms. The summed E-state index contributed by atoms with van der Waals surface area (Å²) in [6.45, 7) is 0. The van der Waals surface area contributed by atoms with Gasteiger partial charge in [-0.25, -0.2) is 8.42 Å². The first kappa shape index (κ1) is 14.0. The summed E-state index contributed by atoms with van der Waals surface area (Å²) in [7, 11) is -3.07. The molecule has 0 saturated heterocycles. The quantitative estimate of drug-likeness (QED) is 0.846. The molecule has 2 unspecified atom stereocenters. The van der Waals surface area contributed by atoms with Crippen LogP contribution in [-0.4, -0.2) is 36.4 Å². The average molecular weight is 274 g/mol. The molecule has 2 aliphatic rings. The van der Waals surface area contributed by atoms with Crippen molar-refractivity contribution in [3.8, 4) is 0 Å². The summed E-state index contributed by atoms with van der Waals surface area (Å²) in [5, 5.41) is 9.90. The molecule has 2 saturated carbocycles. The van der Waals surface area contributed by atoms with Crippen LogP contribution in [0.15, 0.2) is 0 Å². The zero-order valence-electron chi connectivity index (χ0n) is 10.9. The number of Topliss-reactive ketones (excluding diaryl/α,β-unsaturated/α-hetero) is 1. The van der Waals surface area contributed by atoms with Crippen molar-refractivity contribution >= 4 is 15.6 Å². The lowest BCUT2D eigenvalue weighted by Gasteiger charge is -2.32. The highest BCUT2D eigenvalue weighted by Gasteiger charge is 2.44. The molecule has 2 rings (SSSR count). The van der Waals surface area contributed by atoms with Gasteiger partial charge >= 0.3 is 0 Å². The Kier molecular flexibility index (Phi) is 3.83. The Bertz CT molecular complexity index is 420. The molecule has 18 heavy (non-hydrogen) atoms. The van der Waals surface area contributed by atoms with E-state index in [-0.39, 0.29) is 11.7 Å². The Labute approximate surface area is 109 Å². The summed E-state index contributed by atoms with van der Waals surface area (Å²) in [6.07, 6.45) is 6.68. The van der Waals surface area contributed by atoms with Gasteiger partial charge in [0.05, 0.1) is 5.25 Å². The summed E-state index contributed by atoms with van der Waals surface area (Å²) in [6, 6.07) is 0. The number of aliphatic hydroxyl groups is 1. The minimum atomic E-state index is -3.07. The van der Waals surface area contributed by atoms with Gasteiger partial charge in [0, 0.05) is 12.2 Å². The maximum atomic E-state index is 12.3. The second-order valence-corrected chi connectivity index (χ2v) is 8.24. The van der Waals surface area contributed by atoms with Crippen LogP contribution in [0.2, 0.25) is 0 Å². The zero-order valence-corrected chi connectivity index (χ0v) is 11.7. The fourth-order valence-electron chi connectivity index (χ4n) is 3.36. The van der Waals surface area contributed by atoms with Crippen LogP contribution < -0.4 is 0 Å². The van der Waals surface area contributed by atoms with Crippen LogP contribution in [0.25, 0.3) is 0 Å². The molecule has 0 aromatic rings. The van der Waals surface area contributed by atoms with Crippen molar-refractivity contribution in [3.63, 3.8) is 0 Å². The Hall–Kier alpha value is -0.420. The molecular formula is C13H22O4S. The Morgan fingerprint density at radius 3 is 2.33 bits per heavy atom. The van der Waals surface area contributed by atoms with E-state index in [1.54, 1.807) is 0 Å². The van der Waals surface area contributed by atoms with Gasteiger partial charge < -0.3 is 5.11 Å². The van der Waals surface area contributed by atoms with Crippen LogP contribution in [-0.2, 0) is 14.6 Å². The lowest BCUT2D eigenvalue weighted by molar-refractivity contribution is -0.142. The SMILES string of the molecule is CS(=O)(=O)C1CCCC(C(=O)C2(O)CCCC2)C1. The van der Waals surface area contributed by atoms with E-state index in [2.05, 4.69) is 0 Å². The number of hydrogen-bond acceptors (Lipinski definition) is 4. The maximum Gasteiger partial charge on any atom is 0.167 e. The van der Waals surface area contributed by atoms with E-state index in [1.807, 2.05) is 0 Å². The molecule has 4 nitrogen and oxygen atoms in total. The molecule has 5 heteroatoms. The van der Waals surface area contributed by atoms with Crippen molar-refractivity contribution in [2.24, 2.45) is 5.92 Å². The maximum absolute atomic E-state index is 12.3. The Morgan fingerprint density at radius 1 is 1.17 bits per heavy atom. The van der Waals surface area contributed by atoms with Crippen LogP contribution in [0.3, 0.4) is 0 Å². The van der Waals surface area contributed by atoms with Gasteiger partial charge in [0.25, 0.3) is 0 Å². The molecule has 1 N–H and O–H groups in total. The molecule has 104 valence electrons. The van der Waals surface area contributed by atoms with Gasteiger partial charge in [0.2, 0.25) is 0 Å². The third-order valence-electron chi connectivity index (χ3n) is 4.49. The fraction of sp³-hybridized carbons (Fsp3) is 0.923. The first-order valence-corrected chi connectivity index (χ1v) is 8.74. The topological polar surface area (TPSA) is 71.4 Å². The van der Waals surface area contributed by atoms with Crippen molar-refractivity contribution in [1.29, 1.82) is 0 Å². The molecule has 0 aliphatic heterocycles. The number of sulfone groups is 1. The van der Waals surface area contributed by atoms with Crippen molar-refractivity contribution in [1.82, 2.24) is 0 Å². The highest BCUT2D eigenvalue weighted by molar-refractivity contribution is 7.91. The first-order chi connectivity index (χ1) is 8.33. The number of carbonyl (C=O) groups excluding carboxylic acids is 1. The van der Waals surface area contributed by atoms with E-state index in [0.29, 0.717) is 25.7 Å². The summed E-state index contributed by atoms with van der Waals surface area (Å²) in [5.74, 6) is -0.366. The van der Waals surface area contributed by atoms with Gasteiger partial charge in [-0.05, 0) is 44.9 Å². The molecule has 0 amide bonds. The van der Waals surface area contributed by atoms with Crippen LogP contribution in [0, 0.1) is 5.92 Å². The van der Waals surface area contributed by atoms with Crippen molar-refractivity contribution in [2.45, 2.75) is 62.2 Å². The third-order valence-corrected chi connectivity index (χ3v) is 6.13. The average Bonchev–Trinajstić information content (AvgIpc) is 2.75. The number of ketones is 1. The molecular weight excluding hydrogens is 252 g/mol. The van der Waals surface area contributed by atoms with Crippen molar-refractivity contribution < 1.29 is 18.3 Å². The highest BCUT2D eigenvalue weighted by atomic mass is 32.2. The van der Waals surface area contributed by atoms with E-state index in [0.717, 1.165) is 25.7 Å². The van der Waals surface area contributed by atoms with E-state index in [9.17, 15) is 18.3 Å². The van der Waals surface area contributed by atoms with Gasteiger partial charge in [-0.2, -0.15) is 0 Å². The van der Waals surface area contributed by atoms with E-state index in [1.165, 1.54) is 6.26 Å². The number of rotatable bonds is 3. The Balaban J connectivity index is 2.07. The molecule has 0 bridgehead atoms. The fourth-order valence-corrected chi connectivity index (χ4v) is 4.53. The van der Waals surface area contributed by atoms with Crippen LogP contribution in [0.5, 0.6) is 0 Å². The van der Waals surface area contributed by atoms with Gasteiger partial charge in [-0.15, -0.1) is 0 Å². The largest absolute Gasteiger partial charge is 0.382 e. The summed E-state index contributed by atoms with van der Waals surface area (Å²) in [5.41, 5.74) is -1.16. The second kappa shape index (κ2) is 4.93. The Morgan fingerprint density at radius 2 is 1.78 bits per heavy atom. The number of carbonyl (C=O) groups is 1. The molecule has 0 aromatic heterocycles. The molecule has 2 fully saturated rings. The molecule has 0 radical (unpaired) electrons. The molecule has 2 aliphatic carbocycles. The predicted octanol–water partition coefficient (Wildman–Crippen LogP) is 1.46. The standard InChI is InChI=1S/C13H22O4S/c1-18(16,17)11-6-4-5-10(9-11)12(14)13(15)7-2-3-8-13/h10-11,15H,2-9H2,1H3. The first-order valence-electron chi connectivity index (χ1n) is 6.78. The van der Waals surface area contributed by atoms with E-state index >= 15 is 0 Å². The van der Waals surface area contributed by atoms with Crippen molar-refractivity contribution in [2.75, 3.05) is 6.26 Å². The van der Waals surface area contributed by atoms with Gasteiger partial charge in [-0.3, -0.25) is 4.79 Å². The van der Waals surface area contributed by atoms with Gasteiger partial charge in [-0.1, -0.05) is 6.42 Å². The van der Waals surface area contributed by atoms with Crippen LogP contribution >= 0.6 is 0 Å². The van der Waals surface area contributed by atoms with Crippen LogP contribution in [0.4, 0.5) is 0 Å². The zero-order chi connectivity index (χ0) is 13.4. The molecule has 2 atom stereocenters. The van der Waals surface area contributed by atoms with Gasteiger partial charge in [0.15, 0.2) is 5.78 Å². The normalized spacial score (nSPS) is 32.3. The smallest absolute Gasteiger partial charge is 0.167 e. The monoisotopic (exact) mass is 274 g/mol. The summed E-state index contributed by atoms with van der Waals surface area (Å²) in [4.78, 5) is 12.3. The summed E-state index contributed by atoms with van der Waals surface area (Å²) < 4.78 is 23.2. The molecule has 0 heterocycles. The highest BCUT2D eigenvalue weighted by Crippen LogP contribution is 2.37. The molecule has 0 aromatic carbocycles.